The zero-order valence-electron chi connectivity index (χ0n) is 14.9. The van der Waals surface area contributed by atoms with Crippen molar-refractivity contribution >= 4 is 44.1 Å². The number of amides is 1. The number of carbonyl (C=O) groups is 1. The van der Waals surface area contributed by atoms with Gasteiger partial charge in [0.2, 0.25) is 5.91 Å². The summed E-state index contributed by atoms with van der Waals surface area (Å²) >= 11 is 1.39. The highest BCUT2D eigenvalue weighted by molar-refractivity contribution is 7.14. The highest BCUT2D eigenvalue weighted by Gasteiger charge is 2.13. The third-order valence-electron chi connectivity index (χ3n) is 4.66. The molecule has 28 heavy (non-hydrogen) atoms. The van der Waals surface area contributed by atoms with Crippen LogP contribution in [0.4, 0.5) is 5.13 Å². The van der Waals surface area contributed by atoms with E-state index in [0.717, 1.165) is 33.0 Å². The molecule has 0 radical (unpaired) electrons. The Hall–Kier alpha value is -3.44. The summed E-state index contributed by atoms with van der Waals surface area (Å²) in [6, 6.07) is 23.9. The average molecular weight is 384 g/mol. The van der Waals surface area contributed by atoms with Crippen LogP contribution in [0.25, 0.3) is 33.2 Å². The second kappa shape index (κ2) is 6.94. The molecule has 5 aromatic rings. The molecule has 0 aliphatic rings. The highest BCUT2D eigenvalue weighted by atomic mass is 32.1. The number of para-hydroxylation sites is 1. The molecule has 1 N–H and O–H groups in total. The predicted octanol–water partition coefficient (Wildman–Crippen LogP) is 5.89. The first kappa shape index (κ1) is 16.7. The van der Waals surface area contributed by atoms with E-state index in [4.69, 9.17) is 4.42 Å². The Kier molecular flexibility index (Phi) is 4.14. The van der Waals surface area contributed by atoms with Crippen molar-refractivity contribution in [1.82, 2.24) is 4.98 Å². The highest BCUT2D eigenvalue weighted by Crippen LogP contribution is 2.30. The van der Waals surface area contributed by atoms with E-state index in [1.54, 1.807) is 0 Å². The van der Waals surface area contributed by atoms with Gasteiger partial charge in [0.1, 0.15) is 11.3 Å². The molecule has 1 amide bonds. The standard InChI is InChI=1S/C23H16N2O2S/c26-22(13-16-9-5-8-15-6-1-3-10-18(15)16)25-23-24-19(14-28-23)21-12-17-7-2-4-11-20(17)27-21/h1-12,14H,13H2,(H,24,25,26). The van der Waals surface area contributed by atoms with Crippen molar-refractivity contribution in [2.75, 3.05) is 5.32 Å². The van der Waals surface area contributed by atoms with E-state index in [2.05, 4.69) is 22.4 Å². The molecule has 2 heterocycles. The van der Waals surface area contributed by atoms with Gasteiger partial charge in [-0.1, -0.05) is 60.7 Å². The van der Waals surface area contributed by atoms with E-state index in [1.807, 2.05) is 66.0 Å². The van der Waals surface area contributed by atoms with Crippen molar-refractivity contribution in [1.29, 1.82) is 0 Å². The van der Waals surface area contributed by atoms with Crippen molar-refractivity contribution in [3.05, 3.63) is 83.7 Å². The van der Waals surface area contributed by atoms with Gasteiger partial charge >= 0.3 is 0 Å². The molecule has 5 rings (SSSR count). The van der Waals surface area contributed by atoms with Crippen LogP contribution in [0.2, 0.25) is 0 Å². The Morgan fingerprint density at radius 2 is 1.75 bits per heavy atom. The zero-order chi connectivity index (χ0) is 18.9. The molecule has 0 aliphatic carbocycles. The van der Waals surface area contributed by atoms with Gasteiger partial charge in [-0.05, 0) is 28.5 Å². The van der Waals surface area contributed by atoms with E-state index >= 15 is 0 Å². The topological polar surface area (TPSA) is 55.1 Å². The normalized spacial score (nSPS) is 11.1. The minimum atomic E-state index is -0.0816. The number of carbonyl (C=O) groups excluding carboxylic acids is 1. The van der Waals surface area contributed by atoms with Crippen molar-refractivity contribution in [3.63, 3.8) is 0 Å². The number of furan rings is 1. The fraction of sp³-hybridized carbons (Fsp3) is 0.0435. The number of thiazole rings is 1. The van der Waals surface area contributed by atoms with Crippen LogP contribution < -0.4 is 5.32 Å². The SMILES string of the molecule is O=C(Cc1cccc2ccccc12)Nc1nc(-c2cc3ccccc3o2)cs1. The van der Waals surface area contributed by atoms with Gasteiger partial charge in [-0.25, -0.2) is 4.98 Å². The van der Waals surface area contributed by atoms with Gasteiger partial charge in [0.05, 0.1) is 6.42 Å². The van der Waals surface area contributed by atoms with Gasteiger partial charge in [0.25, 0.3) is 0 Å². The number of rotatable bonds is 4. The van der Waals surface area contributed by atoms with E-state index in [9.17, 15) is 4.79 Å². The molecule has 0 fully saturated rings. The number of hydrogen-bond acceptors (Lipinski definition) is 4. The second-order valence-electron chi connectivity index (χ2n) is 6.55. The molecule has 3 aromatic carbocycles. The summed E-state index contributed by atoms with van der Waals surface area (Å²) in [6.45, 7) is 0. The monoisotopic (exact) mass is 384 g/mol. The summed E-state index contributed by atoms with van der Waals surface area (Å²) < 4.78 is 5.85. The molecular weight excluding hydrogens is 368 g/mol. The van der Waals surface area contributed by atoms with Gasteiger partial charge < -0.3 is 9.73 Å². The average Bonchev–Trinajstić information content (AvgIpc) is 3.35. The molecule has 0 saturated heterocycles. The summed E-state index contributed by atoms with van der Waals surface area (Å²) in [7, 11) is 0. The molecule has 136 valence electrons. The summed E-state index contributed by atoms with van der Waals surface area (Å²) in [5, 5.41) is 8.64. The Bertz CT molecular complexity index is 1260. The number of anilines is 1. The van der Waals surface area contributed by atoms with Gasteiger partial charge in [-0.15, -0.1) is 11.3 Å². The van der Waals surface area contributed by atoms with Crippen molar-refractivity contribution in [3.8, 4) is 11.5 Å². The van der Waals surface area contributed by atoms with E-state index in [0.29, 0.717) is 17.3 Å². The lowest BCUT2D eigenvalue weighted by molar-refractivity contribution is -0.115. The lowest BCUT2D eigenvalue weighted by atomic mass is 10.0. The molecule has 0 aliphatic heterocycles. The van der Waals surface area contributed by atoms with Crippen LogP contribution >= 0.6 is 11.3 Å². The first-order valence-electron chi connectivity index (χ1n) is 8.97. The maximum Gasteiger partial charge on any atom is 0.230 e. The number of fused-ring (bicyclic) bond motifs is 2. The van der Waals surface area contributed by atoms with Gasteiger partial charge in [-0.2, -0.15) is 0 Å². The molecule has 0 unspecified atom stereocenters. The first-order chi connectivity index (χ1) is 13.8. The Morgan fingerprint density at radius 1 is 0.964 bits per heavy atom. The third-order valence-corrected chi connectivity index (χ3v) is 5.42. The van der Waals surface area contributed by atoms with Gasteiger partial charge in [0, 0.05) is 10.8 Å². The summed E-state index contributed by atoms with van der Waals surface area (Å²) in [4.78, 5) is 17.1. The van der Waals surface area contributed by atoms with E-state index < -0.39 is 0 Å². The number of aromatic nitrogens is 1. The number of benzene rings is 3. The zero-order valence-corrected chi connectivity index (χ0v) is 15.7. The Labute approximate surface area is 165 Å². The van der Waals surface area contributed by atoms with Crippen molar-refractivity contribution in [2.24, 2.45) is 0 Å². The van der Waals surface area contributed by atoms with Crippen LogP contribution in [-0.2, 0) is 11.2 Å². The van der Waals surface area contributed by atoms with Crippen LogP contribution in [0.15, 0.2) is 82.6 Å². The Morgan fingerprint density at radius 3 is 2.64 bits per heavy atom. The maximum atomic E-state index is 12.5. The fourth-order valence-electron chi connectivity index (χ4n) is 3.34. The van der Waals surface area contributed by atoms with Crippen LogP contribution in [0.3, 0.4) is 0 Å². The maximum absolute atomic E-state index is 12.5. The van der Waals surface area contributed by atoms with Crippen LogP contribution in [0.5, 0.6) is 0 Å². The first-order valence-corrected chi connectivity index (χ1v) is 9.85. The quantitative estimate of drug-likeness (QED) is 0.420. The summed E-state index contributed by atoms with van der Waals surface area (Å²) in [5.41, 5.74) is 2.55. The van der Waals surface area contributed by atoms with E-state index in [-0.39, 0.29) is 5.91 Å². The van der Waals surface area contributed by atoms with Gasteiger partial charge in [-0.3, -0.25) is 4.79 Å². The molecule has 0 atom stereocenters. The molecule has 0 saturated carbocycles. The molecule has 0 spiro atoms. The van der Waals surface area contributed by atoms with Gasteiger partial charge in [0.15, 0.2) is 10.9 Å². The summed E-state index contributed by atoms with van der Waals surface area (Å²) in [6.07, 6.45) is 0.306. The second-order valence-corrected chi connectivity index (χ2v) is 7.41. The minimum Gasteiger partial charge on any atom is -0.454 e. The van der Waals surface area contributed by atoms with Crippen LogP contribution in [0, 0.1) is 0 Å². The largest absolute Gasteiger partial charge is 0.454 e. The van der Waals surface area contributed by atoms with Crippen molar-refractivity contribution in [2.45, 2.75) is 6.42 Å². The number of nitrogens with zero attached hydrogens (tertiary/aromatic N) is 1. The number of hydrogen-bond donors (Lipinski definition) is 1. The molecule has 5 heteroatoms. The molecular formula is C23H16N2O2S. The minimum absolute atomic E-state index is 0.0816. The van der Waals surface area contributed by atoms with Crippen LogP contribution in [-0.4, -0.2) is 10.9 Å². The third kappa shape index (κ3) is 3.17. The van der Waals surface area contributed by atoms with Crippen LogP contribution in [0.1, 0.15) is 5.56 Å². The molecule has 4 nitrogen and oxygen atoms in total. The lowest BCUT2D eigenvalue weighted by Gasteiger charge is -2.06. The van der Waals surface area contributed by atoms with Crippen molar-refractivity contribution < 1.29 is 9.21 Å². The molecule has 0 bridgehead atoms. The lowest BCUT2D eigenvalue weighted by Crippen LogP contribution is -2.14. The fourth-order valence-corrected chi connectivity index (χ4v) is 4.05. The smallest absolute Gasteiger partial charge is 0.230 e. The van der Waals surface area contributed by atoms with E-state index in [1.165, 1.54) is 11.3 Å². The predicted molar refractivity (Wildman–Crippen MR) is 114 cm³/mol. The Balaban J connectivity index is 1.34. The summed E-state index contributed by atoms with van der Waals surface area (Å²) in [5.74, 6) is 0.619. The molecule has 2 aromatic heterocycles. The number of nitrogens with one attached hydrogen (secondary N) is 1.